The van der Waals surface area contributed by atoms with Gasteiger partial charge in [0.25, 0.3) is 9.70 Å². The summed E-state index contributed by atoms with van der Waals surface area (Å²) >= 11 is 14.8. The molecule has 0 aliphatic rings. The average molecular weight is 230 g/mol. The minimum Gasteiger partial charge on any atom is -0.366 e. The van der Waals surface area contributed by atoms with Crippen molar-refractivity contribution in [1.29, 1.82) is 0 Å². The number of alkyl halides is 3. The van der Waals surface area contributed by atoms with E-state index >= 15 is 0 Å². The van der Waals surface area contributed by atoms with Gasteiger partial charge in [0.1, 0.15) is 0 Å². The Morgan fingerprint density at radius 1 is 1.50 bits per heavy atom. The first kappa shape index (κ1) is 11.6. The van der Waals surface area contributed by atoms with Crippen molar-refractivity contribution in [2.24, 2.45) is 5.73 Å². The number of carbonyl (C=O) groups is 1. The molecule has 0 unspecified atom stereocenters. The molecule has 1 rings (SSSR count). The van der Waals surface area contributed by atoms with Crippen molar-refractivity contribution < 1.29 is 4.79 Å². The normalized spacial score (nSPS) is 9.92. The molecule has 0 radical (unpaired) electrons. The van der Waals surface area contributed by atoms with Crippen molar-refractivity contribution in [3.8, 4) is 0 Å². The Kier molecular flexibility index (Phi) is 5.04. The number of primary amides is 1. The first-order chi connectivity index (χ1) is 5.44. The molecule has 1 aromatic heterocycles. The van der Waals surface area contributed by atoms with E-state index in [0.29, 0.717) is 0 Å². The topological polar surface area (TPSA) is 71.8 Å². The summed E-state index contributed by atoms with van der Waals surface area (Å²) in [6, 6.07) is 0. The lowest BCUT2D eigenvalue weighted by molar-refractivity contribution is -0.117. The number of aromatic nitrogens is 2. The molecule has 0 saturated carbocycles. The van der Waals surface area contributed by atoms with Crippen LogP contribution in [0, 0.1) is 0 Å². The van der Waals surface area contributed by atoms with Gasteiger partial charge in [-0.25, -0.2) is 4.98 Å². The summed E-state index contributed by atoms with van der Waals surface area (Å²) in [6.07, 6.45) is 5.08. The quantitative estimate of drug-likeness (QED) is 0.659. The SMILES string of the molecule is NC(=O)C(Cl)(Cl)Cl.c1c[nH]cn1. The number of nitrogens with one attached hydrogen (secondary N) is 1. The largest absolute Gasteiger partial charge is 0.366 e. The number of H-pyrrole nitrogens is 1. The number of amides is 1. The Labute approximate surface area is 84.0 Å². The van der Waals surface area contributed by atoms with Crippen LogP contribution in [0.5, 0.6) is 0 Å². The van der Waals surface area contributed by atoms with Crippen LogP contribution in [-0.4, -0.2) is 19.7 Å². The number of hydrogen-bond donors (Lipinski definition) is 2. The lowest BCUT2D eigenvalue weighted by Gasteiger charge is -2.01. The maximum absolute atomic E-state index is 9.85. The number of halogens is 3. The molecule has 12 heavy (non-hydrogen) atoms. The zero-order valence-electron chi connectivity index (χ0n) is 5.80. The number of rotatable bonds is 0. The predicted molar refractivity (Wildman–Crippen MR) is 48.1 cm³/mol. The van der Waals surface area contributed by atoms with E-state index in [-0.39, 0.29) is 0 Å². The molecule has 1 heterocycles. The fourth-order valence-electron chi connectivity index (χ4n) is 0.215. The standard InChI is InChI=1S/C3H4N2.C2H2Cl3NO/c1-2-5-3-4-1;3-2(4,5)1(6)7/h1-3H,(H,4,5);(H2,6,7). The predicted octanol–water partition coefficient (Wildman–Crippen LogP) is 1.25. The molecule has 0 atom stereocenters. The van der Waals surface area contributed by atoms with Crippen molar-refractivity contribution in [2.45, 2.75) is 3.79 Å². The van der Waals surface area contributed by atoms with Crippen molar-refractivity contribution in [1.82, 2.24) is 9.97 Å². The third kappa shape index (κ3) is 6.27. The van der Waals surface area contributed by atoms with E-state index in [1.54, 1.807) is 18.7 Å². The Bertz CT molecular complexity index is 201. The average Bonchev–Trinajstić information content (AvgIpc) is 2.39. The maximum atomic E-state index is 9.85. The van der Waals surface area contributed by atoms with Crippen molar-refractivity contribution >= 4 is 40.7 Å². The Morgan fingerprint density at radius 3 is 2.08 bits per heavy atom. The van der Waals surface area contributed by atoms with E-state index in [9.17, 15) is 4.79 Å². The van der Waals surface area contributed by atoms with Gasteiger partial charge in [0, 0.05) is 12.4 Å². The molecule has 0 aliphatic heterocycles. The summed E-state index contributed by atoms with van der Waals surface area (Å²) in [5, 5.41) is 0. The molecule has 0 aromatic carbocycles. The number of aromatic amines is 1. The zero-order chi connectivity index (χ0) is 9.61. The summed E-state index contributed by atoms with van der Waals surface area (Å²) < 4.78 is -1.94. The number of carbonyl (C=O) groups excluding carboxylic acids is 1. The minimum atomic E-state index is -1.94. The van der Waals surface area contributed by atoms with Crippen molar-refractivity contribution in [3.05, 3.63) is 18.7 Å². The summed E-state index contributed by atoms with van der Waals surface area (Å²) in [5.41, 5.74) is 4.53. The van der Waals surface area contributed by atoms with Gasteiger partial charge in [0.05, 0.1) is 6.33 Å². The van der Waals surface area contributed by atoms with Gasteiger partial charge < -0.3 is 10.7 Å². The van der Waals surface area contributed by atoms with Gasteiger partial charge in [0.15, 0.2) is 0 Å². The van der Waals surface area contributed by atoms with Crippen LogP contribution >= 0.6 is 34.8 Å². The van der Waals surface area contributed by atoms with Crippen LogP contribution in [0.4, 0.5) is 0 Å². The van der Waals surface area contributed by atoms with Crippen LogP contribution in [0.15, 0.2) is 18.7 Å². The van der Waals surface area contributed by atoms with Crippen LogP contribution in [0.3, 0.4) is 0 Å². The first-order valence-corrected chi connectivity index (χ1v) is 3.87. The Hall–Kier alpha value is -0.450. The van der Waals surface area contributed by atoms with Gasteiger partial charge in [-0.3, -0.25) is 4.79 Å². The van der Waals surface area contributed by atoms with Crippen LogP contribution in [-0.2, 0) is 4.79 Å². The molecule has 7 heteroatoms. The second-order valence-electron chi connectivity index (χ2n) is 1.62. The van der Waals surface area contributed by atoms with Crippen molar-refractivity contribution in [2.75, 3.05) is 0 Å². The molecule has 0 aliphatic carbocycles. The van der Waals surface area contributed by atoms with Crippen LogP contribution < -0.4 is 5.73 Å². The minimum absolute atomic E-state index is 0.961. The van der Waals surface area contributed by atoms with Gasteiger partial charge in [-0.1, -0.05) is 34.8 Å². The number of nitrogens with two attached hydrogens (primary N) is 1. The molecule has 0 spiro atoms. The van der Waals surface area contributed by atoms with E-state index in [2.05, 4.69) is 15.7 Å². The summed E-state index contributed by atoms with van der Waals surface area (Å²) in [6.45, 7) is 0. The van der Waals surface area contributed by atoms with Gasteiger partial charge in [-0.15, -0.1) is 0 Å². The van der Waals surface area contributed by atoms with E-state index < -0.39 is 9.70 Å². The second kappa shape index (κ2) is 5.24. The van der Waals surface area contributed by atoms with Gasteiger partial charge >= 0.3 is 0 Å². The lowest BCUT2D eigenvalue weighted by atomic mass is 10.7. The number of nitrogens with zero attached hydrogens (tertiary/aromatic N) is 1. The van der Waals surface area contributed by atoms with E-state index in [1.807, 2.05) is 0 Å². The smallest absolute Gasteiger partial charge is 0.269 e. The van der Waals surface area contributed by atoms with Gasteiger partial charge in [-0.05, 0) is 0 Å². The third-order valence-electron chi connectivity index (χ3n) is 0.685. The summed E-state index contributed by atoms with van der Waals surface area (Å²) in [7, 11) is 0. The van der Waals surface area contributed by atoms with Crippen molar-refractivity contribution in [3.63, 3.8) is 0 Å². The van der Waals surface area contributed by atoms with E-state index in [0.717, 1.165) is 0 Å². The molecule has 1 aromatic rings. The van der Waals surface area contributed by atoms with Crippen LogP contribution in [0.25, 0.3) is 0 Å². The molecule has 4 nitrogen and oxygen atoms in total. The summed E-state index contributed by atoms with van der Waals surface area (Å²) in [4.78, 5) is 16.3. The molecule has 3 N–H and O–H groups in total. The molecular formula is C5H6Cl3N3O. The lowest BCUT2D eigenvalue weighted by Crippen LogP contribution is -2.27. The fourth-order valence-corrected chi connectivity index (χ4v) is 0.215. The number of imidazole rings is 1. The van der Waals surface area contributed by atoms with Crippen LogP contribution in [0.2, 0.25) is 0 Å². The molecule has 1 amide bonds. The highest BCUT2D eigenvalue weighted by atomic mass is 35.6. The highest BCUT2D eigenvalue weighted by Gasteiger charge is 2.26. The van der Waals surface area contributed by atoms with Gasteiger partial charge in [0.2, 0.25) is 0 Å². The Balaban J connectivity index is 0.000000211. The summed E-state index contributed by atoms with van der Waals surface area (Å²) in [5.74, 6) is -0.961. The first-order valence-electron chi connectivity index (χ1n) is 2.74. The molecule has 0 fully saturated rings. The highest BCUT2D eigenvalue weighted by Crippen LogP contribution is 2.24. The second-order valence-corrected chi connectivity index (χ2v) is 3.90. The Morgan fingerprint density at radius 2 is 2.00 bits per heavy atom. The molecular weight excluding hydrogens is 224 g/mol. The highest BCUT2D eigenvalue weighted by molar-refractivity contribution is 6.76. The monoisotopic (exact) mass is 229 g/mol. The fraction of sp³-hybridized carbons (Fsp3) is 0.200. The molecule has 0 saturated heterocycles. The van der Waals surface area contributed by atoms with E-state index in [4.69, 9.17) is 34.8 Å². The molecule has 68 valence electrons. The molecule has 0 bridgehead atoms. The maximum Gasteiger partial charge on any atom is 0.269 e. The van der Waals surface area contributed by atoms with Crippen LogP contribution in [0.1, 0.15) is 0 Å². The number of hydrogen-bond acceptors (Lipinski definition) is 2. The van der Waals surface area contributed by atoms with E-state index in [1.165, 1.54) is 0 Å². The zero-order valence-corrected chi connectivity index (χ0v) is 8.07. The van der Waals surface area contributed by atoms with Gasteiger partial charge in [-0.2, -0.15) is 0 Å². The third-order valence-corrected chi connectivity index (χ3v) is 1.24.